The Hall–Kier alpha value is -0.820. The van der Waals surface area contributed by atoms with Gasteiger partial charge in [0, 0.05) is 0 Å². The summed E-state index contributed by atoms with van der Waals surface area (Å²) in [7, 11) is 0. The van der Waals surface area contributed by atoms with Crippen molar-refractivity contribution in [1.82, 2.24) is 4.90 Å². The minimum atomic E-state index is 1.26. The van der Waals surface area contributed by atoms with E-state index < -0.39 is 0 Å². The summed E-state index contributed by atoms with van der Waals surface area (Å²) >= 11 is 0. The molecule has 0 aliphatic carbocycles. The fourth-order valence-corrected chi connectivity index (χ4v) is 3.47. The van der Waals surface area contributed by atoms with Crippen LogP contribution in [0.5, 0.6) is 0 Å². The van der Waals surface area contributed by atoms with Gasteiger partial charge in [-0.25, -0.2) is 0 Å². The Bertz CT molecular complexity index is 365. The van der Waals surface area contributed by atoms with E-state index in [1.54, 1.807) is 0 Å². The summed E-state index contributed by atoms with van der Waals surface area (Å²) in [4.78, 5) is 2.70. The molecule has 0 saturated carbocycles. The second-order valence-electron chi connectivity index (χ2n) is 7.61. The minimum absolute atomic E-state index is 1.26. The first-order chi connectivity index (χ1) is 12.4. The van der Waals surface area contributed by atoms with Gasteiger partial charge in [-0.2, -0.15) is 0 Å². The van der Waals surface area contributed by atoms with Crippen LogP contribution in [0.2, 0.25) is 0 Å². The van der Waals surface area contributed by atoms with Gasteiger partial charge in [0.15, 0.2) is 0 Å². The molecule has 0 atom stereocenters. The zero-order valence-electron chi connectivity index (χ0n) is 17.1. The summed E-state index contributed by atoms with van der Waals surface area (Å²) in [5, 5.41) is 0. The van der Waals surface area contributed by atoms with Crippen LogP contribution in [0, 0.1) is 0 Å². The van der Waals surface area contributed by atoms with Crippen molar-refractivity contribution in [2.24, 2.45) is 0 Å². The molecule has 0 heterocycles. The Balaban J connectivity index is 1.89. The van der Waals surface area contributed by atoms with Gasteiger partial charge in [0.2, 0.25) is 0 Å². The molecule has 0 aliphatic rings. The van der Waals surface area contributed by atoms with Gasteiger partial charge in [0.25, 0.3) is 0 Å². The molecule has 0 aromatic heterocycles. The minimum Gasteiger partial charge on any atom is -0.303 e. The number of unbranched alkanes of at least 4 members (excludes halogenated alkanes) is 9. The van der Waals surface area contributed by atoms with Crippen LogP contribution < -0.4 is 0 Å². The van der Waals surface area contributed by atoms with Crippen molar-refractivity contribution in [1.29, 1.82) is 0 Å². The maximum Gasteiger partial charge on any atom is -0.00187 e. The normalized spacial score (nSPS) is 11.3. The lowest BCUT2D eigenvalue weighted by Gasteiger charge is -2.21. The summed E-state index contributed by atoms with van der Waals surface area (Å²) in [6.07, 6.45) is 18.0. The second-order valence-corrected chi connectivity index (χ2v) is 7.61. The van der Waals surface area contributed by atoms with Crippen molar-refractivity contribution in [2.75, 3.05) is 19.6 Å². The smallest absolute Gasteiger partial charge is 0.00187 e. The van der Waals surface area contributed by atoms with E-state index >= 15 is 0 Å². The van der Waals surface area contributed by atoms with Crippen LogP contribution in [0.3, 0.4) is 0 Å². The average molecular weight is 346 g/mol. The van der Waals surface area contributed by atoms with Crippen molar-refractivity contribution < 1.29 is 0 Å². The number of aryl methyl sites for hydroxylation is 1. The molecule has 0 amide bonds. The lowest BCUT2D eigenvalue weighted by atomic mass is 10.0. The van der Waals surface area contributed by atoms with E-state index in [1.807, 2.05) is 0 Å². The van der Waals surface area contributed by atoms with Gasteiger partial charge in [-0.05, 0) is 57.3 Å². The first kappa shape index (κ1) is 22.2. The van der Waals surface area contributed by atoms with Crippen molar-refractivity contribution in [3.8, 4) is 0 Å². The second kappa shape index (κ2) is 16.6. The van der Waals surface area contributed by atoms with Gasteiger partial charge in [0.05, 0.1) is 0 Å². The Labute approximate surface area is 158 Å². The Morgan fingerprint density at radius 1 is 0.560 bits per heavy atom. The molecule has 1 heteroatoms. The average Bonchev–Trinajstić information content (AvgIpc) is 2.65. The van der Waals surface area contributed by atoms with E-state index in [-0.39, 0.29) is 0 Å². The molecule has 1 aromatic rings. The van der Waals surface area contributed by atoms with Gasteiger partial charge >= 0.3 is 0 Å². The fourth-order valence-electron chi connectivity index (χ4n) is 3.47. The third kappa shape index (κ3) is 13.1. The van der Waals surface area contributed by atoms with Crippen LogP contribution in [0.15, 0.2) is 30.3 Å². The number of hydrogen-bond acceptors (Lipinski definition) is 1. The summed E-state index contributed by atoms with van der Waals surface area (Å²) in [5.74, 6) is 0. The third-order valence-corrected chi connectivity index (χ3v) is 5.19. The molecule has 1 rings (SSSR count). The molecule has 25 heavy (non-hydrogen) atoms. The predicted molar refractivity (Wildman–Crippen MR) is 113 cm³/mol. The molecule has 0 spiro atoms. The summed E-state index contributed by atoms with van der Waals surface area (Å²) in [5.41, 5.74) is 1.50. The maximum absolute atomic E-state index is 2.70. The topological polar surface area (TPSA) is 3.24 Å². The zero-order chi connectivity index (χ0) is 18.0. The van der Waals surface area contributed by atoms with Gasteiger partial charge in [-0.15, -0.1) is 0 Å². The Morgan fingerprint density at radius 2 is 1.04 bits per heavy atom. The Kier molecular flexibility index (Phi) is 14.8. The van der Waals surface area contributed by atoms with E-state index in [0.29, 0.717) is 0 Å². The van der Waals surface area contributed by atoms with E-state index in [1.165, 1.54) is 109 Å². The number of benzene rings is 1. The van der Waals surface area contributed by atoms with Gasteiger partial charge in [-0.1, -0.05) is 95.5 Å². The maximum atomic E-state index is 2.70. The zero-order valence-corrected chi connectivity index (χ0v) is 17.1. The molecule has 0 saturated heterocycles. The standard InChI is InChI=1S/C24H43N/c1-3-5-21-25(22-6-4-2)23-17-12-10-8-7-9-11-14-18-24-19-15-13-16-20-24/h13,15-16,19-20H,3-12,14,17-18,21-23H2,1-2H3. The van der Waals surface area contributed by atoms with Gasteiger partial charge in [-0.3, -0.25) is 0 Å². The van der Waals surface area contributed by atoms with E-state index in [4.69, 9.17) is 0 Å². The first-order valence-corrected chi connectivity index (χ1v) is 11.1. The molecule has 0 radical (unpaired) electrons. The monoisotopic (exact) mass is 345 g/mol. The van der Waals surface area contributed by atoms with Crippen molar-refractivity contribution in [3.05, 3.63) is 35.9 Å². The van der Waals surface area contributed by atoms with Crippen LogP contribution >= 0.6 is 0 Å². The van der Waals surface area contributed by atoms with Gasteiger partial charge < -0.3 is 4.90 Å². The largest absolute Gasteiger partial charge is 0.303 e. The molecular weight excluding hydrogens is 302 g/mol. The van der Waals surface area contributed by atoms with E-state index in [0.717, 1.165) is 0 Å². The fraction of sp³-hybridized carbons (Fsp3) is 0.750. The number of nitrogens with zero attached hydrogens (tertiary/aromatic N) is 1. The van der Waals surface area contributed by atoms with Crippen LogP contribution in [0.1, 0.15) is 96.5 Å². The first-order valence-electron chi connectivity index (χ1n) is 11.1. The lowest BCUT2D eigenvalue weighted by Crippen LogP contribution is -2.27. The summed E-state index contributed by atoms with van der Waals surface area (Å²) in [6.45, 7) is 8.57. The van der Waals surface area contributed by atoms with Crippen LogP contribution in [0.4, 0.5) is 0 Å². The summed E-state index contributed by atoms with van der Waals surface area (Å²) in [6, 6.07) is 10.9. The Morgan fingerprint density at radius 3 is 1.60 bits per heavy atom. The van der Waals surface area contributed by atoms with Crippen molar-refractivity contribution in [3.63, 3.8) is 0 Å². The van der Waals surface area contributed by atoms with Crippen LogP contribution in [-0.4, -0.2) is 24.5 Å². The molecule has 0 bridgehead atoms. The number of hydrogen-bond donors (Lipinski definition) is 0. The van der Waals surface area contributed by atoms with Crippen molar-refractivity contribution in [2.45, 2.75) is 97.3 Å². The molecule has 1 aromatic carbocycles. The quantitative estimate of drug-likeness (QED) is 0.269. The molecule has 1 nitrogen and oxygen atoms in total. The molecule has 0 N–H and O–H groups in total. The highest BCUT2D eigenvalue weighted by atomic mass is 15.1. The highest BCUT2D eigenvalue weighted by Crippen LogP contribution is 2.12. The highest BCUT2D eigenvalue weighted by molar-refractivity contribution is 5.14. The van der Waals surface area contributed by atoms with Gasteiger partial charge in [0.1, 0.15) is 0 Å². The number of rotatable bonds is 17. The van der Waals surface area contributed by atoms with E-state index in [2.05, 4.69) is 49.1 Å². The molecular formula is C24H43N. The third-order valence-electron chi connectivity index (χ3n) is 5.19. The molecule has 0 unspecified atom stereocenters. The molecule has 0 fully saturated rings. The van der Waals surface area contributed by atoms with Crippen LogP contribution in [-0.2, 0) is 6.42 Å². The highest BCUT2D eigenvalue weighted by Gasteiger charge is 2.03. The molecule has 0 aliphatic heterocycles. The predicted octanol–water partition coefficient (Wildman–Crippen LogP) is 7.25. The lowest BCUT2D eigenvalue weighted by molar-refractivity contribution is 0.259. The SMILES string of the molecule is CCCCN(CCCC)CCCCCCCCCCc1ccccc1. The van der Waals surface area contributed by atoms with E-state index in [9.17, 15) is 0 Å². The van der Waals surface area contributed by atoms with Crippen LogP contribution in [0.25, 0.3) is 0 Å². The molecule has 144 valence electrons. The van der Waals surface area contributed by atoms with Crippen molar-refractivity contribution >= 4 is 0 Å². The summed E-state index contributed by atoms with van der Waals surface area (Å²) < 4.78 is 0.